The van der Waals surface area contributed by atoms with Gasteiger partial charge in [0, 0.05) is 42.2 Å². The standard InChI is InChI=1S/C44H39ClFN3O5/c45-28-13-7-14-30(23-28)49-41(52)35-24-34-31(38(33-15-8-16-36(46)39(33)50)44(35,43(49)54)27-11-5-2-6-12-27)17-18-32-37(34)42(53)48(40(32)51)29-19-21-47(22-20-29)25-26-9-3-1-4-10-26/h1-17,23,29,32,34-35,37-38,50H,18-22,24-25H2. The summed E-state index contributed by atoms with van der Waals surface area (Å²) >= 11 is 6.39. The number of likely N-dealkylation sites (tertiary alicyclic amines) is 2. The fraction of sp³-hybridized carbons (Fsp3) is 0.318. The van der Waals surface area contributed by atoms with Crippen LogP contribution in [-0.4, -0.2) is 57.7 Å². The van der Waals surface area contributed by atoms with Crippen LogP contribution in [0.4, 0.5) is 10.1 Å². The minimum Gasteiger partial charge on any atom is -0.505 e. The molecule has 1 N–H and O–H groups in total. The second-order valence-corrected chi connectivity index (χ2v) is 15.7. The average molecular weight is 744 g/mol. The molecule has 5 aliphatic rings. The van der Waals surface area contributed by atoms with Gasteiger partial charge < -0.3 is 5.11 Å². The van der Waals surface area contributed by atoms with E-state index in [1.165, 1.54) is 21.4 Å². The van der Waals surface area contributed by atoms with E-state index in [4.69, 9.17) is 11.6 Å². The van der Waals surface area contributed by atoms with Gasteiger partial charge in [-0.2, -0.15) is 0 Å². The van der Waals surface area contributed by atoms with E-state index in [0.717, 1.165) is 25.7 Å². The number of carbonyl (C=O) groups is 4. The van der Waals surface area contributed by atoms with Crippen molar-refractivity contribution < 1.29 is 28.7 Å². The number of imide groups is 2. The third-order valence-electron chi connectivity index (χ3n) is 12.7. The van der Waals surface area contributed by atoms with Gasteiger partial charge in [-0.25, -0.2) is 9.29 Å². The van der Waals surface area contributed by atoms with Gasteiger partial charge in [-0.05, 0) is 67.0 Å². The van der Waals surface area contributed by atoms with Gasteiger partial charge in [0.1, 0.15) is 0 Å². The number of phenols is 1. The lowest BCUT2D eigenvalue weighted by molar-refractivity contribution is -0.144. The van der Waals surface area contributed by atoms with Crippen molar-refractivity contribution in [2.24, 2.45) is 23.7 Å². The molecule has 6 atom stereocenters. The number of fused-ring (bicyclic) bond motifs is 4. The number of piperidine rings is 1. The van der Waals surface area contributed by atoms with Crippen molar-refractivity contribution in [2.75, 3.05) is 18.0 Å². The highest BCUT2D eigenvalue weighted by Crippen LogP contribution is 2.65. The smallest absolute Gasteiger partial charge is 0.246 e. The minimum atomic E-state index is -1.60. The first kappa shape index (κ1) is 34.6. The van der Waals surface area contributed by atoms with Crippen LogP contribution in [-0.2, 0) is 31.1 Å². The molecule has 3 saturated heterocycles. The van der Waals surface area contributed by atoms with E-state index in [-0.39, 0.29) is 36.3 Å². The molecule has 4 fully saturated rings. The van der Waals surface area contributed by atoms with Crippen molar-refractivity contribution in [2.45, 2.75) is 49.6 Å². The Morgan fingerprint density at radius 2 is 1.50 bits per heavy atom. The van der Waals surface area contributed by atoms with Crippen LogP contribution in [0, 0.1) is 29.5 Å². The van der Waals surface area contributed by atoms with E-state index < -0.39 is 58.4 Å². The topological polar surface area (TPSA) is 98.2 Å². The second-order valence-electron chi connectivity index (χ2n) is 15.3. The molecule has 0 bridgehead atoms. The largest absolute Gasteiger partial charge is 0.505 e. The number of allylic oxidation sites excluding steroid dienone is 2. The Morgan fingerprint density at radius 3 is 2.22 bits per heavy atom. The van der Waals surface area contributed by atoms with Gasteiger partial charge in [-0.15, -0.1) is 0 Å². The number of phenolic OH excluding ortho intramolecular Hbond substituents is 1. The molecule has 9 rings (SSSR count). The maximum Gasteiger partial charge on any atom is 0.246 e. The number of amides is 4. The van der Waals surface area contributed by atoms with Crippen LogP contribution in [0.25, 0.3) is 0 Å². The monoisotopic (exact) mass is 743 g/mol. The molecule has 54 heavy (non-hydrogen) atoms. The highest BCUT2D eigenvalue weighted by molar-refractivity contribution is 6.32. The Morgan fingerprint density at radius 1 is 0.796 bits per heavy atom. The number of anilines is 1. The molecule has 274 valence electrons. The summed E-state index contributed by atoms with van der Waals surface area (Å²) in [6.07, 6.45) is 3.63. The zero-order chi connectivity index (χ0) is 37.3. The van der Waals surface area contributed by atoms with Crippen LogP contribution in [0.1, 0.15) is 48.3 Å². The Hall–Kier alpha value is -5.12. The maximum atomic E-state index is 15.4. The Bertz CT molecular complexity index is 2210. The summed E-state index contributed by atoms with van der Waals surface area (Å²) in [6.45, 7) is 2.29. The van der Waals surface area contributed by atoms with Crippen molar-refractivity contribution in [3.63, 3.8) is 0 Å². The number of halogens is 2. The zero-order valence-electron chi connectivity index (χ0n) is 29.5. The summed E-state index contributed by atoms with van der Waals surface area (Å²) in [5, 5.41) is 11.8. The van der Waals surface area contributed by atoms with Crippen LogP contribution in [0.5, 0.6) is 5.75 Å². The molecule has 0 radical (unpaired) electrons. The summed E-state index contributed by atoms with van der Waals surface area (Å²) < 4.78 is 15.4. The third kappa shape index (κ3) is 5.19. The number of rotatable bonds is 6. The number of benzene rings is 4. The van der Waals surface area contributed by atoms with Gasteiger partial charge in [0.15, 0.2) is 11.6 Å². The molecular formula is C44H39ClFN3O5. The third-order valence-corrected chi connectivity index (χ3v) is 12.9. The molecule has 1 saturated carbocycles. The van der Waals surface area contributed by atoms with Gasteiger partial charge in [-0.3, -0.25) is 29.0 Å². The Balaban J connectivity index is 1.13. The van der Waals surface area contributed by atoms with Crippen molar-refractivity contribution in [1.82, 2.24) is 9.80 Å². The molecule has 3 heterocycles. The van der Waals surface area contributed by atoms with Crippen LogP contribution in [0.3, 0.4) is 0 Å². The number of hydrogen-bond acceptors (Lipinski definition) is 6. The van der Waals surface area contributed by atoms with Crippen molar-refractivity contribution in [3.05, 3.63) is 142 Å². The first-order valence-electron chi connectivity index (χ1n) is 18.7. The quantitative estimate of drug-likeness (QED) is 0.169. The highest BCUT2D eigenvalue weighted by atomic mass is 35.5. The van der Waals surface area contributed by atoms with E-state index >= 15 is 9.18 Å². The maximum absolute atomic E-state index is 15.4. The summed E-state index contributed by atoms with van der Waals surface area (Å²) in [6, 6.07) is 29.8. The number of nitrogens with zero attached hydrogens (tertiary/aromatic N) is 3. The summed E-state index contributed by atoms with van der Waals surface area (Å²) in [5.74, 6) is -6.88. The summed E-state index contributed by atoms with van der Waals surface area (Å²) in [7, 11) is 0. The molecule has 6 unspecified atom stereocenters. The number of carbonyl (C=O) groups excluding carboxylic acids is 4. The lowest BCUT2D eigenvalue weighted by atomic mass is 9.49. The lowest BCUT2D eigenvalue weighted by Gasteiger charge is -2.50. The minimum absolute atomic E-state index is 0.124. The number of aromatic hydroxyl groups is 1. The van der Waals surface area contributed by atoms with E-state index in [0.29, 0.717) is 34.7 Å². The predicted octanol–water partition coefficient (Wildman–Crippen LogP) is 7.01. The summed E-state index contributed by atoms with van der Waals surface area (Å²) in [5.41, 5.74) is 1.30. The van der Waals surface area contributed by atoms with Crippen molar-refractivity contribution in [1.29, 1.82) is 0 Å². The van der Waals surface area contributed by atoms with E-state index in [1.54, 1.807) is 54.6 Å². The van der Waals surface area contributed by atoms with Crippen LogP contribution in [0.15, 0.2) is 115 Å². The molecule has 2 aliphatic carbocycles. The molecule has 10 heteroatoms. The van der Waals surface area contributed by atoms with Crippen LogP contribution < -0.4 is 4.90 Å². The molecule has 0 spiro atoms. The first-order valence-corrected chi connectivity index (χ1v) is 19.1. The molecule has 4 aromatic rings. The van der Waals surface area contributed by atoms with Gasteiger partial charge >= 0.3 is 0 Å². The predicted molar refractivity (Wildman–Crippen MR) is 201 cm³/mol. The van der Waals surface area contributed by atoms with Crippen molar-refractivity contribution in [3.8, 4) is 5.75 Å². The highest BCUT2D eigenvalue weighted by Gasteiger charge is 2.70. The second kappa shape index (κ2) is 13.3. The molecule has 4 aromatic carbocycles. The normalized spacial score (nSPS) is 28.6. The fourth-order valence-corrected chi connectivity index (χ4v) is 10.6. The molecule has 0 aromatic heterocycles. The first-order chi connectivity index (χ1) is 26.2. The van der Waals surface area contributed by atoms with Crippen LogP contribution in [0.2, 0.25) is 5.02 Å². The van der Waals surface area contributed by atoms with E-state index in [2.05, 4.69) is 17.0 Å². The van der Waals surface area contributed by atoms with Gasteiger partial charge in [0.05, 0.1) is 28.9 Å². The van der Waals surface area contributed by atoms with Crippen LogP contribution >= 0.6 is 11.6 Å². The average Bonchev–Trinajstić information content (AvgIpc) is 3.58. The van der Waals surface area contributed by atoms with Gasteiger partial charge in [0.2, 0.25) is 23.6 Å². The molecule has 4 amide bonds. The fourth-order valence-electron chi connectivity index (χ4n) is 10.4. The molecule has 3 aliphatic heterocycles. The number of hydrogen-bond donors (Lipinski definition) is 1. The SMILES string of the molecule is O=C1C2CC3C(=CCC4C(=O)N(C5CCN(Cc6ccccc6)CC5)C(=O)C43)C(c3cccc(F)c3O)C2(c2ccccc2)C(=O)N1c1cccc(Cl)c1. The Labute approximate surface area is 317 Å². The summed E-state index contributed by atoms with van der Waals surface area (Å²) in [4.78, 5) is 64.2. The van der Waals surface area contributed by atoms with Gasteiger partial charge in [0.25, 0.3) is 0 Å². The van der Waals surface area contributed by atoms with Gasteiger partial charge in [-0.1, -0.05) is 102 Å². The lowest BCUT2D eigenvalue weighted by Crippen LogP contribution is -2.53. The number of para-hydroxylation sites is 1. The van der Waals surface area contributed by atoms with E-state index in [9.17, 15) is 19.5 Å². The molecule has 8 nitrogen and oxygen atoms in total. The van der Waals surface area contributed by atoms with Crippen molar-refractivity contribution >= 4 is 40.9 Å². The molecular weight excluding hydrogens is 705 g/mol. The zero-order valence-corrected chi connectivity index (χ0v) is 30.2. The van der Waals surface area contributed by atoms with E-state index in [1.807, 2.05) is 30.3 Å². The Kier molecular flexibility index (Phi) is 8.54.